The van der Waals surface area contributed by atoms with Crippen molar-refractivity contribution >= 4 is 22.9 Å². The number of hydrogen-bond acceptors (Lipinski definition) is 4. The highest BCUT2D eigenvalue weighted by atomic mass is 32.2. The van der Waals surface area contributed by atoms with E-state index in [0.717, 1.165) is 12.3 Å². The van der Waals surface area contributed by atoms with E-state index >= 15 is 0 Å². The standard InChI is InChI=1S/C11H20N2O3S/c1-8(14)11(2,3)12-9(15)4-5-13-6-7-17-10(13)16/h8,14H,4-7H2,1-3H3,(H,12,15). The molecule has 1 aliphatic heterocycles. The summed E-state index contributed by atoms with van der Waals surface area (Å²) in [6, 6.07) is 0. The summed E-state index contributed by atoms with van der Waals surface area (Å²) in [5.41, 5.74) is -0.638. The first-order chi connectivity index (χ1) is 7.83. The Morgan fingerprint density at radius 3 is 2.76 bits per heavy atom. The quantitative estimate of drug-likeness (QED) is 0.768. The fraction of sp³-hybridized carbons (Fsp3) is 0.818. The first-order valence-electron chi connectivity index (χ1n) is 5.73. The highest BCUT2D eigenvalue weighted by Gasteiger charge is 2.27. The van der Waals surface area contributed by atoms with Gasteiger partial charge in [0.05, 0.1) is 11.6 Å². The van der Waals surface area contributed by atoms with Gasteiger partial charge in [-0.25, -0.2) is 0 Å². The number of hydrogen-bond donors (Lipinski definition) is 2. The molecular formula is C11H20N2O3S. The number of nitrogens with one attached hydrogen (secondary N) is 1. The van der Waals surface area contributed by atoms with E-state index in [2.05, 4.69) is 5.32 Å². The van der Waals surface area contributed by atoms with Gasteiger partial charge >= 0.3 is 0 Å². The van der Waals surface area contributed by atoms with Crippen molar-refractivity contribution in [3.8, 4) is 0 Å². The van der Waals surface area contributed by atoms with Crippen molar-refractivity contribution in [1.29, 1.82) is 0 Å². The molecule has 1 fully saturated rings. The van der Waals surface area contributed by atoms with E-state index in [-0.39, 0.29) is 17.6 Å². The van der Waals surface area contributed by atoms with Crippen molar-refractivity contribution in [1.82, 2.24) is 10.2 Å². The van der Waals surface area contributed by atoms with E-state index in [1.807, 2.05) is 0 Å². The summed E-state index contributed by atoms with van der Waals surface area (Å²) >= 11 is 1.29. The second-order valence-electron chi connectivity index (χ2n) is 4.80. The lowest BCUT2D eigenvalue weighted by Crippen LogP contribution is -2.51. The number of carbonyl (C=O) groups is 2. The molecule has 1 aliphatic rings. The molecule has 0 aromatic carbocycles. The third-order valence-electron chi connectivity index (χ3n) is 2.96. The number of nitrogens with zero attached hydrogens (tertiary/aromatic N) is 1. The predicted molar refractivity (Wildman–Crippen MR) is 67.9 cm³/mol. The summed E-state index contributed by atoms with van der Waals surface area (Å²) in [4.78, 5) is 24.6. The molecular weight excluding hydrogens is 240 g/mol. The maximum absolute atomic E-state index is 11.7. The number of amides is 2. The molecule has 2 amide bonds. The Morgan fingerprint density at radius 1 is 1.65 bits per heavy atom. The Labute approximate surface area is 106 Å². The lowest BCUT2D eigenvalue weighted by atomic mass is 9.98. The molecule has 0 aromatic heterocycles. The minimum absolute atomic E-state index is 0.0487. The van der Waals surface area contributed by atoms with Gasteiger partial charge in [0, 0.05) is 25.3 Å². The fourth-order valence-corrected chi connectivity index (χ4v) is 2.24. The summed E-state index contributed by atoms with van der Waals surface area (Å²) in [7, 11) is 0. The van der Waals surface area contributed by atoms with Gasteiger partial charge in [0.2, 0.25) is 5.91 Å². The Bertz CT molecular complexity index is 305. The van der Waals surface area contributed by atoms with Gasteiger partial charge in [-0.15, -0.1) is 0 Å². The molecule has 1 saturated heterocycles. The Hall–Kier alpha value is -0.750. The van der Waals surface area contributed by atoms with E-state index in [4.69, 9.17) is 0 Å². The van der Waals surface area contributed by atoms with Gasteiger partial charge in [0.1, 0.15) is 0 Å². The van der Waals surface area contributed by atoms with Crippen LogP contribution in [0, 0.1) is 0 Å². The summed E-state index contributed by atoms with van der Waals surface area (Å²) < 4.78 is 0. The van der Waals surface area contributed by atoms with Crippen molar-refractivity contribution in [2.45, 2.75) is 38.8 Å². The van der Waals surface area contributed by atoms with E-state index < -0.39 is 11.6 Å². The van der Waals surface area contributed by atoms with Crippen molar-refractivity contribution < 1.29 is 14.7 Å². The van der Waals surface area contributed by atoms with E-state index in [1.165, 1.54) is 11.8 Å². The summed E-state index contributed by atoms with van der Waals surface area (Å²) in [5.74, 6) is 0.667. The molecule has 0 aromatic rings. The molecule has 0 radical (unpaired) electrons. The smallest absolute Gasteiger partial charge is 0.281 e. The number of rotatable bonds is 5. The summed E-state index contributed by atoms with van der Waals surface area (Å²) in [5, 5.41) is 12.3. The SMILES string of the molecule is CC(O)C(C)(C)NC(=O)CCN1CCSC1=O. The number of thioether (sulfide) groups is 1. The lowest BCUT2D eigenvalue weighted by molar-refractivity contribution is -0.124. The maximum Gasteiger partial charge on any atom is 0.281 e. The van der Waals surface area contributed by atoms with E-state index in [1.54, 1.807) is 25.7 Å². The molecule has 0 aliphatic carbocycles. The van der Waals surface area contributed by atoms with Gasteiger partial charge in [0.25, 0.3) is 5.24 Å². The largest absolute Gasteiger partial charge is 0.391 e. The van der Waals surface area contributed by atoms with Crippen molar-refractivity contribution in [2.24, 2.45) is 0 Å². The highest BCUT2D eigenvalue weighted by Crippen LogP contribution is 2.17. The van der Waals surface area contributed by atoms with E-state index in [0.29, 0.717) is 6.54 Å². The molecule has 5 nitrogen and oxygen atoms in total. The minimum atomic E-state index is -0.638. The van der Waals surface area contributed by atoms with E-state index in [9.17, 15) is 14.7 Å². The van der Waals surface area contributed by atoms with Crippen LogP contribution in [0.1, 0.15) is 27.2 Å². The minimum Gasteiger partial charge on any atom is -0.391 e. The maximum atomic E-state index is 11.7. The molecule has 2 N–H and O–H groups in total. The number of aliphatic hydroxyl groups excluding tert-OH is 1. The van der Waals surface area contributed by atoms with Crippen LogP contribution in [0.25, 0.3) is 0 Å². The summed E-state index contributed by atoms with van der Waals surface area (Å²) in [6.07, 6.45) is -0.335. The zero-order valence-electron chi connectivity index (χ0n) is 10.5. The number of carbonyl (C=O) groups excluding carboxylic acids is 2. The Kier molecular flexibility index (Phi) is 4.82. The normalized spacial score (nSPS) is 18.4. The van der Waals surface area contributed by atoms with Crippen molar-refractivity contribution in [3.63, 3.8) is 0 Å². The molecule has 98 valence electrons. The van der Waals surface area contributed by atoms with Gasteiger partial charge in [-0.2, -0.15) is 0 Å². The van der Waals surface area contributed by atoms with Gasteiger partial charge < -0.3 is 15.3 Å². The van der Waals surface area contributed by atoms with Crippen LogP contribution in [0.15, 0.2) is 0 Å². The van der Waals surface area contributed by atoms with Gasteiger partial charge in [-0.3, -0.25) is 9.59 Å². The molecule has 1 heterocycles. The first-order valence-corrected chi connectivity index (χ1v) is 6.72. The van der Waals surface area contributed by atoms with Crippen molar-refractivity contribution in [3.05, 3.63) is 0 Å². The zero-order valence-corrected chi connectivity index (χ0v) is 11.3. The van der Waals surface area contributed by atoms with Gasteiger partial charge in [-0.1, -0.05) is 11.8 Å². The molecule has 1 atom stereocenters. The number of aliphatic hydroxyl groups is 1. The van der Waals surface area contributed by atoms with Crippen LogP contribution < -0.4 is 5.32 Å². The molecule has 6 heteroatoms. The Balaban J connectivity index is 2.33. The monoisotopic (exact) mass is 260 g/mol. The molecule has 0 saturated carbocycles. The van der Waals surface area contributed by atoms with Crippen LogP contribution in [-0.2, 0) is 4.79 Å². The van der Waals surface area contributed by atoms with Crippen LogP contribution in [0.3, 0.4) is 0 Å². The van der Waals surface area contributed by atoms with Gasteiger partial charge in [0.15, 0.2) is 0 Å². The molecule has 1 rings (SSSR count). The first kappa shape index (κ1) is 14.3. The van der Waals surface area contributed by atoms with Crippen LogP contribution in [0.5, 0.6) is 0 Å². The molecule has 1 unspecified atom stereocenters. The second kappa shape index (κ2) is 5.73. The second-order valence-corrected chi connectivity index (χ2v) is 5.84. The molecule has 0 bridgehead atoms. The molecule has 0 spiro atoms. The van der Waals surface area contributed by atoms with Crippen LogP contribution in [-0.4, -0.2) is 51.6 Å². The fourth-order valence-electron chi connectivity index (χ4n) is 1.39. The average molecular weight is 260 g/mol. The molecule has 17 heavy (non-hydrogen) atoms. The van der Waals surface area contributed by atoms with Crippen LogP contribution in [0.2, 0.25) is 0 Å². The third-order valence-corrected chi connectivity index (χ3v) is 3.85. The predicted octanol–water partition coefficient (Wildman–Crippen LogP) is 0.821. The van der Waals surface area contributed by atoms with Crippen LogP contribution in [0.4, 0.5) is 4.79 Å². The topological polar surface area (TPSA) is 69.6 Å². The van der Waals surface area contributed by atoms with Gasteiger partial charge in [-0.05, 0) is 20.8 Å². The summed E-state index contributed by atoms with van der Waals surface area (Å²) in [6.45, 7) is 6.35. The zero-order chi connectivity index (χ0) is 13.1. The Morgan fingerprint density at radius 2 is 2.29 bits per heavy atom. The lowest BCUT2D eigenvalue weighted by Gasteiger charge is -2.29. The van der Waals surface area contributed by atoms with Crippen molar-refractivity contribution in [2.75, 3.05) is 18.8 Å². The third kappa shape index (κ3) is 4.20. The average Bonchev–Trinajstić information content (AvgIpc) is 2.60. The van der Waals surface area contributed by atoms with Crippen LogP contribution >= 0.6 is 11.8 Å². The highest BCUT2D eigenvalue weighted by molar-refractivity contribution is 8.13.